The van der Waals surface area contributed by atoms with E-state index in [1.54, 1.807) is 6.07 Å². The summed E-state index contributed by atoms with van der Waals surface area (Å²) in [4.78, 5) is 0. The van der Waals surface area contributed by atoms with Gasteiger partial charge in [-0.2, -0.15) is 0 Å². The van der Waals surface area contributed by atoms with Gasteiger partial charge in [0.2, 0.25) is 0 Å². The molecule has 1 unspecified atom stereocenters. The van der Waals surface area contributed by atoms with Crippen molar-refractivity contribution in [1.82, 2.24) is 0 Å². The van der Waals surface area contributed by atoms with Gasteiger partial charge in [-0.3, -0.25) is 0 Å². The van der Waals surface area contributed by atoms with E-state index < -0.39 is 0 Å². The summed E-state index contributed by atoms with van der Waals surface area (Å²) in [6.07, 6.45) is 1.50. The van der Waals surface area contributed by atoms with Crippen molar-refractivity contribution in [1.29, 1.82) is 0 Å². The Kier molecular flexibility index (Phi) is 2.49. The summed E-state index contributed by atoms with van der Waals surface area (Å²) in [5.41, 5.74) is 5.93. The van der Waals surface area contributed by atoms with Gasteiger partial charge in [0.15, 0.2) is 0 Å². The van der Waals surface area contributed by atoms with Crippen LogP contribution in [0.5, 0.6) is 0 Å². The molecule has 0 aliphatic carbocycles. The SMILES string of the molecule is CC(C)(C)C(N)c1cc(Cl)co1. The highest BCUT2D eigenvalue weighted by Gasteiger charge is 2.24. The Morgan fingerprint density at radius 2 is 2.08 bits per heavy atom. The molecular weight excluding hydrogens is 174 g/mol. The van der Waals surface area contributed by atoms with E-state index in [1.165, 1.54) is 6.26 Å². The normalized spacial score (nSPS) is 14.8. The lowest BCUT2D eigenvalue weighted by atomic mass is 9.86. The van der Waals surface area contributed by atoms with Crippen LogP contribution in [0.1, 0.15) is 32.6 Å². The van der Waals surface area contributed by atoms with Gasteiger partial charge in [0.1, 0.15) is 12.0 Å². The van der Waals surface area contributed by atoms with Gasteiger partial charge in [-0.25, -0.2) is 0 Å². The van der Waals surface area contributed by atoms with Crippen molar-refractivity contribution in [2.45, 2.75) is 26.8 Å². The van der Waals surface area contributed by atoms with Crippen LogP contribution in [-0.4, -0.2) is 0 Å². The van der Waals surface area contributed by atoms with Crippen LogP contribution >= 0.6 is 11.6 Å². The zero-order valence-electron chi connectivity index (χ0n) is 7.60. The predicted molar refractivity (Wildman–Crippen MR) is 50.1 cm³/mol. The summed E-state index contributed by atoms with van der Waals surface area (Å²) in [6.45, 7) is 6.19. The third-order valence-electron chi connectivity index (χ3n) is 1.83. The van der Waals surface area contributed by atoms with Crippen LogP contribution in [0, 0.1) is 5.41 Å². The average Bonchev–Trinajstić information content (AvgIpc) is 2.32. The fourth-order valence-corrected chi connectivity index (χ4v) is 1.07. The topological polar surface area (TPSA) is 39.2 Å². The van der Waals surface area contributed by atoms with Crippen LogP contribution in [0.25, 0.3) is 0 Å². The zero-order valence-corrected chi connectivity index (χ0v) is 8.35. The number of halogens is 1. The van der Waals surface area contributed by atoms with Gasteiger partial charge in [0.25, 0.3) is 0 Å². The first-order chi connectivity index (χ1) is 5.41. The van der Waals surface area contributed by atoms with E-state index in [1.807, 2.05) is 0 Å². The van der Waals surface area contributed by atoms with Crippen molar-refractivity contribution in [3.63, 3.8) is 0 Å². The van der Waals surface area contributed by atoms with E-state index in [4.69, 9.17) is 21.8 Å². The summed E-state index contributed by atoms with van der Waals surface area (Å²) in [6, 6.07) is 1.65. The van der Waals surface area contributed by atoms with Crippen LogP contribution in [0.4, 0.5) is 0 Å². The number of hydrogen-bond acceptors (Lipinski definition) is 2. The second kappa shape index (κ2) is 3.11. The second-order valence-corrected chi connectivity index (χ2v) is 4.45. The molecule has 1 aromatic heterocycles. The molecule has 0 saturated carbocycles. The first-order valence-electron chi connectivity index (χ1n) is 3.91. The van der Waals surface area contributed by atoms with Crippen LogP contribution in [0.15, 0.2) is 16.7 Å². The van der Waals surface area contributed by atoms with Crippen molar-refractivity contribution in [3.05, 3.63) is 23.1 Å². The first kappa shape index (κ1) is 9.62. The first-order valence-corrected chi connectivity index (χ1v) is 4.28. The van der Waals surface area contributed by atoms with Gasteiger partial charge >= 0.3 is 0 Å². The van der Waals surface area contributed by atoms with Crippen LogP contribution in [-0.2, 0) is 0 Å². The third-order valence-corrected chi connectivity index (χ3v) is 2.03. The van der Waals surface area contributed by atoms with E-state index in [-0.39, 0.29) is 11.5 Å². The Morgan fingerprint density at radius 3 is 2.42 bits per heavy atom. The maximum atomic E-state index is 5.93. The summed E-state index contributed by atoms with van der Waals surface area (Å²) < 4.78 is 5.20. The minimum Gasteiger partial charge on any atom is -0.466 e. The van der Waals surface area contributed by atoms with Crippen molar-refractivity contribution in [2.24, 2.45) is 11.1 Å². The highest BCUT2D eigenvalue weighted by molar-refractivity contribution is 6.30. The fourth-order valence-electron chi connectivity index (χ4n) is 0.918. The molecule has 12 heavy (non-hydrogen) atoms. The molecule has 0 radical (unpaired) electrons. The van der Waals surface area contributed by atoms with Crippen molar-refractivity contribution < 1.29 is 4.42 Å². The highest BCUT2D eigenvalue weighted by Crippen LogP contribution is 2.32. The fraction of sp³-hybridized carbons (Fsp3) is 0.556. The smallest absolute Gasteiger partial charge is 0.122 e. The molecule has 0 aliphatic rings. The molecular formula is C9H14ClNO. The largest absolute Gasteiger partial charge is 0.466 e. The number of rotatable bonds is 1. The Morgan fingerprint density at radius 1 is 1.50 bits per heavy atom. The minimum atomic E-state index is -0.106. The van der Waals surface area contributed by atoms with Crippen molar-refractivity contribution in [2.75, 3.05) is 0 Å². The van der Waals surface area contributed by atoms with Crippen molar-refractivity contribution >= 4 is 11.6 Å². The second-order valence-electron chi connectivity index (χ2n) is 4.01. The van der Waals surface area contributed by atoms with Crippen LogP contribution < -0.4 is 5.73 Å². The lowest BCUT2D eigenvalue weighted by Gasteiger charge is -2.24. The molecule has 3 heteroatoms. The number of hydrogen-bond donors (Lipinski definition) is 1. The Balaban J connectivity index is 2.85. The molecule has 0 amide bonds. The molecule has 0 saturated heterocycles. The van der Waals surface area contributed by atoms with Gasteiger partial charge in [-0.15, -0.1) is 0 Å². The number of nitrogens with two attached hydrogens (primary N) is 1. The summed E-state index contributed by atoms with van der Waals surface area (Å²) in [7, 11) is 0. The summed E-state index contributed by atoms with van der Waals surface area (Å²) >= 11 is 5.71. The molecule has 1 heterocycles. The Labute approximate surface area is 77.7 Å². The van der Waals surface area contributed by atoms with Crippen molar-refractivity contribution in [3.8, 4) is 0 Å². The molecule has 2 nitrogen and oxygen atoms in total. The monoisotopic (exact) mass is 187 g/mol. The van der Waals surface area contributed by atoms with Gasteiger partial charge in [0.05, 0.1) is 11.1 Å². The average molecular weight is 188 g/mol. The van der Waals surface area contributed by atoms with Gasteiger partial charge in [-0.05, 0) is 11.5 Å². The molecule has 0 aromatic carbocycles. The quantitative estimate of drug-likeness (QED) is 0.734. The Bertz CT molecular complexity index is 262. The van der Waals surface area contributed by atoms with Gasteiger partial charge in [-0.1, -0.05) is 32.4 Å². The van der Waals surface area contributed by atoms with Gasteiger partial charge in [0, 0.05) is 0 Å². The lowest BCUT2D eigenvalue weighted by Crippen LogP contribution is -2.25. The number of furan rings is 1. The van der Waals surface area contributed by atoms with E-state index in [9.17, 15) is 0 Å². The third kappa shape index (κ3) is 2.02. The molecule has 1 rings (SSSR count). The van der Waals surface area contributed by atoms with E-state index in [0.717, 1.165) is 5.76 Å². The predicted octanol–water partition coefficient (Wildman–Crippen LogP) is 2.98. The van der Waals surface area contributed by atoms with Gasteiger partial charge < -0.3 is 10.2 Å². The molecule has 1 aromatic rings. The molecule has 2 N–H and O–H groups in total. The maximum absolute atomic E-state index is 5.93. The standard InChI is InChI=1S/C9H14ClNO/c1-9(2,3)8(11)7-4-6(10)5-12-7/h4-5,8H,11H2,1-3H3. The molecule has 0 bridgehead atoms. The molecule has 1 atom stereocenters. The lowest BCUT2D eigenvalue weighted by molar-refractivity contribution is 0.285. The van der Waals surface area contributed by atoms with Crippen LogP contribution in [0.2, 0.25) is 5.02 Å². The molecule has 0 aliphatic heterocycles. The highest BCUT2D eigenvalue weighted by atomic mass is 35.5. The van der Waals surface area contributed by atoms with E-state index in [2.05, 4.69) is 20.8 Å². The van der Waals surface area contributed by atoms with E-state index in [0.29, 0.717) is 5.02 Å². The summed E-state index contributed by atoms with van der Waals surface area (Å²) in [5, 5.41) is 0.602. The van der Waals surface area contributed by atoms with E-state index >= 15 is 0 Å². The maximum Gasteiger partial charge on any atom is 0.122 e. The van der Waals surface area contributed by atoms with Crippen LogP contribution in [0.3, 0.4) is 0 Å². The molecule has 0 fully saturated rings. The molecule has 68 valence electrons. The zero-order chi connectivity index (χ0) is 9.35. The Hall–Kier alpha value is -0.470. The summed E-state index contributed by atoms with van der Waals surface area (Å²) in [5.74, 6) is 0.743. The minimum absolute atomic E-state index is 0.00117. The molecule has 0 spiro atoms.